The molecule has 108 valence electrons. The Morgan fingerprint density at radius 3 is 2.53 bits per heavy atom. The van der Waals surface area contributed by atoms with Gasteiger partial charge in [0, 0.05) is 18.6 Å². The van der Waals surface area contributed by atoms with Crippen LogP contribution in [0.2, 0.25) is 0 Å². The molecule has 3 N–H and O–H groups in total. The Bertz CT molecular complexity index is 380. The number of hydrogen-bond donors (Lipinski definition) is 2. The highest BCUT2D eigenvalue weighted by Gasteiger charge is 2.21. The molecule has 4 heteroatoms. The summed E-state index contributed by atoms with van der Waals surface area (Å²) in [6, 6.07) is 6.81. The molecular formula is C15H25FN2O. The van der Waals surface area contributed by atoms with Gasteiger partial charge in [0.1, 0.15) is 5.82 Å². The monoisotopic (exact) mass is 268 g/mol. The fraction of sp³-hybridized carbons (Fsp3) is 0.600. The summed E-state index contributed by atoms with van der Waals surface area (Å²) in [7, 11) is 0. The summed E-state index contributed by atoms with van der Waals surface area (Å²) in [5, 5.41) is 9.27. The number of nitrogens with two attached hydrogens (primary N) is 1. The summed E-state index contributed by atoms with van der Waals surface area (Å²) in [5.41, 5.74) is 6.18. The topological polar surface area (TPSA) is 49.5 Å². The normalized spacial score (nSPS) is 14.2. The molecule has 0 amide bonds. The first-order chi connectivity index (χ1) is 9.06. The highest BCUT2D eigenvalue weighted by atomic mass is 19.1. The second kappa shape index (κ2) is 7.46. The van der Waals surface area contributed by atoms with E-state index in [1.807, 2.05) is 24.8 Å². The zero-order valence-electron chi connectivity index (χ0n) is 11.9. The number of rotatable bonds is 8. The van der Waals surface area contributed by atoms with Crippen molar-refractivity contribution in [3.05, 3.63) is 30.1 Å². The van der Waals surface area contributed by atoms with Crippen LogP contribution in [0.3, 0.4) is 0 Å². The van der Waals surface area contributed by atoms with Gasteiger partial charge in [-0.2, -0.15) is 0 Å². The van der Waals surface area contributed by atoms with Gasteiger partial charge in [-0.1, -0.05) is 19.1 Å². The first-order valence-electron chi connectivity index (χ1n) is 6.95. The molecule has 1 atom stereocenters. The van der Waals surface area contributed by atoms with Gasteiger partial charge in [0.05, 0.1) is 12.3 Å². The largest absolute Gasteiger partial charge is 0.394 e. The summed E-state index contributed by atoms with van der Waals surface area (Å²) in [4.78, 5) is 2.00. The van der Waals surface area contributed by atoms with Crippen molar-refractivity contribution >= 4 is 5.69 Å². The first kappa shape index (κ1) is 15.9. The summed E-state index contributed by atoms with van der Waals surface area (Å²) in [5.74, 6) is -0.194. The number of aliphatic hydroxyl groups excluding tert-OH is 1. The summed E-state index contributed by atoms with van der Waals surface area (Å²) in [6.45, 7) is 5.48. The van der Waals surface area contributed by atoms with Crippen LogP contribution in [0.25, 0.3) is 0 Å². The molecule has 1 aromatic carbocycles. The lowest BCUT2D eigenvalue weighted by atomic mass is 9.92. The molecule has 1 rings (SSSR count). The lowest BCUT2D eigenvalue weighted by Gasteiger charge is -2.28. The van der Waals surface area contributed by atoms with Crippen molar-refractivity contribution in [1.29, 1.82) is 0 Å². The Labute approximate surface area is 115 Å². The van der Waals surface area contributed by atoms with Crippen LogP contribution in [0.5, 0.6) is 0 Å². The van der Waals surface area contributed by atoms with Gasteiger partial charge in [0.25, 0.3) is 0 Å². The van der Waals surface area contributed by atoms with Gasteiger partial charge in [0.15, 0.2) is 0 Å². The Morgan fingerprint density at radius 2 is 2.00 bits per heavy atom. The molecule has 0 aliphatic rings. The average Bonchev–Trinajstić information content (AvgIpc) is 2.44. The molecule has 0 aromatic heterocycles. The predicted molar refractivity (Wildman–Crippen MR) is 77.8 cm³/mol. The standard InChI is InChI=1S/C15H25FN2O/c1-3-15(17,12-19)10-7-11-18(4-2)14-9-6-5-8-13(14)16/h5-6,8-9,19H,3-4,7,10-12,17H2,1-2H3. The van der Waals surface area contributed by atoms with E-state index in [2.05, 4.69) is 0 Å². The minimum Gasteiger partial charge on any atom is -0.394 e. The highest BCUT2D eigenvalue weighted by Crippen LogP contribution is 2.20. The number of nitrogens with zero attached hydrogens (tertiary/aromatic N) is 1. The molecule has 3 nitrogen and oxygen atoms in total. The van der Waals surface area contributed by atoms with E-state index in [1.165, 1.54) is 6.07 Å². The van der Waals surface area contributed by atoms with Gasteiger partial charge < -0.3 is 15.7 Å². The first-order valence-corrected chi connectivity index (χ1v) is 6.95. The SMILES string of the molecule is CCN(CCCC(N)(CC)CO)c1ccccc1F. The number of para-hydroxylation sites is 1. The number of halogens is 1. The van der Waals surface area contributed by atoms with Crippen LogP contribution in [0, 0.1) is 5.82 Å². The molecule has 1 aromatic rings. The van der Waals surface area contributed by atoms with Gasteiger partial charge >= 0.3 is 0 Å². The maximum atomic E-state index is 13.7. The van der Waals surface area contributed by atoms with Gasteiger partial charge in [0.2, 0.25) is 0 Å². The van der Waals surface area contributed by atoms with Crippen LogP contribution in [0.15, 0.2) is 24.3 Å². The van der Waals surface area contributed by atoms with Gasteiger partial charge in [-0.05, 0) is 38.3 Å². The van der Waals surface area contributed by atoms with Crippen LogP contribution in [0.1, 0.15) is 33.1 Å². The van der Waals surface area contributed by atoms with Gasteiger partial charge in [-0.25, -0.2) is 4.39 Å². The van der Waals surface area contributed by atoms with Crippen molar-refractivity contribution in [2.24, 2.45) is 5.73 Å². The lowest BCUT2D eigenvalue weighted by Crippen LogP contribution is -2.43. The quantitative estimate of drug-likeness (QED) is 0.761. The molecule has 0 saturated carbocycles. The van der Waals surface area contributed by atoms with Crippen molar-refractivity contribution in [2.45, 2.75) is 38.6 Å². The van der Waals surface area contributed by atoms with E-state index >= 15 is 0 Å². The van der Waals surface area contributed by atoms with E-state index in [-0.39, 0.29) is 12.4 Å². The third kappa shape index (κ3) is 4.48. The Kier molecular flexibility index (Phi) is 6.25. The highest BCUT2D eigenvalue weighted by molar-refractivity contribution is 5.47. The minimum absolute atomic E-state index is 0.00464. The number of anilines is 1. The molecule has 0 fully saturated rings. The smallest absolute Gasteiger partial charge is 0.146 e. The third-order valence-electron chi connectivity index (χ3n) is 3.70. The van der Waals surface area contributed by atoms with E-state index in [1.54, 1.807) is 12.1 Å². The van der Waals surface area contributed by atoms with Crippen LogP contribution < -0.4 is 10.6 Å². The summed E-state index contributed by atoms with van der Waals surface area (Å²) >= 11 is 0. The Morgan fingerprint density at radius 1 is 1.32 bits per heavy atom. The van der Waals surface area contributed by atoms with E-state index in [0.717, 1.165) is 32.4 Å². The molecular weight excluding hydrogens is 243 g/mol. The molecule has 1 unspecified atom stereocenters. The van der Waals surface area contributed by atoms with Crippen molar-refractivity contribution in [3.63, 3.8) is 0 Å². The van der Waals surface area contributed by atoms with Crippen LogP contribution >= 0.6 is 0 Å². The zero-order valence-corrected chi connectivity index (χ0v) is 11.9. The average molecular weight is 268 g/mol. The van der Waals surface area contributed by atoms with Gasteiger partial charge in [-0.3, -0.25) is 0 Å². The van der Waals surface area contributed by atoms with Crippen LogP contribution in [-0.2, 0) is 0 Å². The molecule has 0 saturated heterocycles. The number of benzene rings is 1. The van der Waals surface area contributed by atoms with E-state index < -0.39 is 5.54 Å². The van der Waals surface area contributed by atoms with E-state index in [9.17, 15) is 9.50 Å². The molecule has 0 heterocycles. The lowest BCUT2D eigenvalue weighted by molar-refractivity contribution is 0.180. The Hall–Kier alpha value is -1.13. The Balaban J connectivity index is 2.57. The minimum atomic E-state index is -0.505. The van der Waals surface area contributed by atoms with Crippen molar-refractivity contribution in [3.8, 4) is 0 Å². The molecule has 0 aliphatic carbocycles. The second-order valence-corrected chi connectivity index (χ2v) is 5.01. The molecule has 19 heavy (non-hydrogen) atoms. The van der Waals surface area contributed by atoms with Crippen molar-refractivity contribution < 1.29 is 9.50 Å². The molecule has 0 spiro atoms. The van der Waals surface area contributed by atoms with Crippen LogP contribution in [-0.4, -0.2) is 30.3 Å². The molecule has 0 aliphatic heterocycles. The van der Waals surface area contributed by atoms with Crippen LogP contribution in [0.4, 0.5) is 10.1 Å². The fourth-order valence-corrected chi connectivity index (χ4v) is 2.15. The maximum Gasteiger partial charge on any atom is 0.146 e. The number of hydrogen-bond acceptors (Lipinski definition) is 3. The van der Waals surface area contributed by atoms with Crippen molar-refractivity contribution in [1.82, 2.24) is 0 Å². The second-order valence-electron chi connectivity index (χ2n) is 5.01. The molecule has 0 radical (unpaired) electrons. The molecule has 0 bridgehead atoms. The fourth-order valence-electron chi connectivity index (χ4n) is 2.15. The van der Waals surface area contributed by atoms with Crippen molar-refractivity contribution in [2.75, 3.05) is 24.6 Å². The van der Waals surface area contributed by atoms with E-state index in [4.69, 9.17) is 5.73 Å². The zero-order chi connectivity index (χ0) is 14.3. The van der Waals surface area contributed by atoms with E-state index in [0.29, 0.717) is 5.69 Å². The summed E-state index contributed by atoms with van der Waals surface area (Å²) in [6.07, 6.45) is 2.33. The predicted octanol–water partition coefficient (Wildman–Crippen LogP) is 2.53. The number of aliphatic hydroxyl groups is 1. The third-order valence-corrected chi connectivity index (χ3v) is 3.70. The summed E-state index contributed by atoms with van der Waals surface area (Å²) < 4.78 is 13.7. The van der Waals surface area contributed by atoms with Gasteiger partial charge in [-0.15, -0.1) is 0 Å². The maximum absolute atomic E-state index is 13.7.